The van der Waals surface area contributed by atoms with E-state index in [0.29, 0.717) is 23.9 Å². The standard InChI is InChI=1S/C22H21F3N4O4S/c1-14-2-4-15(5-3-14)22-27-26-18(33-22)8-9-19(30)28-10-12-29(13-11-28)34(31,32)17-7-6-16(23)20(24)21(17)25/h2-7H,8-13H2,1H3. The van der Waals surface area contributed by atoms with Gasteiger partial charge in [0.15, 0.2) is 17.5 Å². The molecule has 2 heterocycles. The molecule has 1 aliphatic heterocycles. The van der Waals surface area contributed by atoms with Crippen molar-refractivity contribution in [2.75, 3.05) is 26.2 Å². The van der Waals surface area contributed by atoms with E-state index in [1.165, 1.54) is 4.90 Å². The Balaban J connectivity index is 1.33. The molecule has 1 aromatic heterocycles. The third-order valence-electron chi connectivity index (χ3n) is 5.53. The molecule has 0 spiro atoms. The summed E-state index contributed by atoms with van der Waals surface area (Å²) >= 11 is 0. The lowest BCUT2D eigenvalue weighted by Crippen LogP contribution is -2.50. The van der Waals surface area contributed by atoms with Gasteiger partial charge in [0, 0.05) is 44.6 Å². The molecule has 0 unspecified atom stereocenters. The largest absolute Gasteiger partial charge is 0.421 e. The Morgan fingerprint density at radius 3 is 2.32 bits per heavy atom. The Kier molecular flexibility index (Phi) is 6.71. The van der Waals surface area contributed by atoms with Gasteiger partial charge in [0.2, 0.25) is 27.7 Å². The molecule has 0 aliphatic carbocycles. The van der Waals surface area contributed by atoms with E-state index >= 15 is 0 Å². The van der Waals surface area contributed by atoms with Gasteiger partial charge in [-0.15, -0.1) is 10.2 Å². The van der Waals surface area contributed by atoms with Crippen LogP contribution in [0.2, 0.25) is 0 Å². The zero-order valence-electron chi connectivity index (χ0n) is 18.2. The summed E-state index contributed by atoms with van der Waals surface area (Å²) in [5.74, 6) is -4.65. The maximum absolute atomic E-state index is 14.0. The van der Waals surface area contributed by atoms with Crippen LogP contribution in [0.15, 0.2) is 45.7 Å². The predicted octanol–water partition coefficient (Wildman–Crippen LogP) is 2.93. The first-order valence-corrected chi connectivity index (χ1v) is 11.9. The first kappa shape index (κ1) is 23.9. The van der Waals surface area contributed by atoms with E-state index in [9.17, 15) is 26.4 Å². The zero-order valence-corrected chi connectivity index (χ0v) is 19.0. The van der Waals surface area contributed by atoms with Crippen molar-refractivity contribution in [1.82, 2.24) is 19.4 Å². The van der Waals surface area contributed by atoms with Crippen molar-refractivity contribution < 1.29 is 30.8 Å². The quantitative estimate of drug-likeness (QED) is 0.489. The molecule has 0 N–H and O–H groups in total. The van der Waals surface area contributed by atoms with Gasteiger partial charge in [0.05, 0.1) is 0 Å². The van der Waals surface area contributed by atoms with Gasteiger partial charge >= 0.3 is 0 Å². The number of amides is 1. The van der Waals surface area contributed by atoms with Gasteiger partial charge in [-0.3, -0.25) is 4.79 Å². The number of aryl methyl sites for hydroxylation is 2. The first-order chi connectivity index (χ1) is 16.2. The molecule has 3 aromatic rings. The lowest BCUT2D eigenvalue weighted by molar-refractivity contribution is -0.132. The predicted molar refractivity (Wildman–Crippen MR) is 114 cm³/mol. The van der Waals surface area contributed by atoms with Gasteiger partial charge in [0.1, 0.15) is 4.90 Å². The van der Waals surface area contributed by atoms with E-state index in [1.807, 2.05) is 31.2 Å². The molecule has 1 fully saturated rings. The molecule has 8 nitrogen and oxygen atoms in total. The van der Waals surface area contributed by atoms with Gasteiger partial charge in [-0.05, 0) is 31.2 Å². The maximum atomic E-state index is 14.0. The van der Waals surface area contributed by atoms with Gasteiger partial charge < -0.3 is 9.32 Å². The smallest absolute Gasteiger partial charge is 0.247 e. The molecule has 12 heteroatoms. The molecule has 1 amide bonds. The molecule has 4 rings (SSSR count). The van der Waals surface area contributed by atoms with Gasteiger partial charge in [-0.1, -0.05) is 17.7 Å². The third kappa shape index (κ3) is 4.82. The van der Waals surface area contributed by atoms with Crippen LogP contribution in [-0.4, -0.2) is 59.9 Å². The third-order valence-corrected chi connectivity index (χ3v) is 7.44. The second-order valence-corrected chi connectivity index (χ2v) is 9.73. The molecule has 180 valence electrons. The summed E-state index contributed by atoms with van der Waals surface area (Å²) in [6.07, 6.45) is 0.302. The Hall–Kier alpha value is -3.25. The lowest BCUT2D eigenvalue weighted by Gasteiger charge is -2.34. The van der Waals surface area contributed by atoms with Gasteiger partial charge in [-0.25, -0.2) is 21.6 Å². The highest BCUT2D eigenvalue weighted by molar-refractivity contribution is 7.89. The summed E-state index contributed by atoms with van der Waals surface area (Å²) < 4.78 is 72.5. The molecular weight excluding hydrogens is 473 g/mol. The average Bonchev–Trinajstić information content (AvgIpc) is 3.30. The number of benzene rings is 2. The van der Waals surface area contributed by atoms with Gasteiger partial charge in [-0.2, -0.15) is 4.31 Å². The molecule has 0 radical (unpaired) electrons. The topological polar surface area (TPSA) is 96.6 Å². The fraction of sp³-hybridized carbons (Fsp3) is 0.318. The van der Waals surface area contributed by atoms with Crippen LogP contribution in [0.3, 0.4) is 0 Å². The number of carbonyl (C=O) groups excluding carboxylic acids is 1. The minimum Gasteiger partial charge on any atom is -0.421 e. The summed E-state index contributed by atoms with van der Waals surface area (Å²) in [5.41, 5.74) is 1.86. The zero-order chi connectivity index (χ0) is 24.5. The van der Waals surface area contributed by atoms with Gasteiger partial charge in [0.25, 0.3) is 0 Å². The summed E-state index contributed by atoms with van der Waals surface area (Å²) in [7, 11) is -4.38. The Morgan fingerprint density at radius 2 is 1.65 bits per heavy atom. The number of carbonyl (C=O) groups is 1. The van der Waals surface area contributed by atoms with E-state index in [2.05, 4.69) is 10.2 Å². The number of hydrogen-bond donors (Lipinski definition) is 0. The molecule has 1 saturated heterocycles. The first-order valence-electron chi connectivity index (χ1n) is 10.5. The fourth-order valence-corrected chi connectivity index (χ4v) is 5.04. The van der Waals surface area contributed by atoms with Crippen LogP contribution >= 0.6 is 0 Å². The second-order valence-electron chi connectivity index (χ2n) is 7.83. The van der Waals surface area contributed by atoms with Crippen molar-refractivity contribution in [2.24, 2.45) is 0 Å². The van der Waals surface area contributed by atoms with Crippen LogP contribution < -0.4 is 0 Å². The van der Waals surface area contributed by atoms with Crippen LogP contribution in [0.1, 0.15) is 17.9 Å². The molecule has 0 atom stereocenters. The van der Waals surface area contributed by atoms with E-state index in [4.69, 9.17) is 4.42 Å². The van der Waals surface area contributed by atoms with Crippen molar-refractivity contribution in [2.45, 2.75) is 24.7 Å². The molecule has 34 heavy (non-hydrogen) atoms. The molecule has 0 saturated carbocycles. The van der Waals surface area contributed by atoms with Crippen LogP contribution in [0.25, 0.3) is 11.5 Å². The normalized spacial score (nSPS) is 15.0. The number of nitrogens with zero attached hydrogens (tertiary/aromatic N) is 4. The van der Waals surface area contributed by atoms with Crippen molar-refractivity contribution >= 4 is 15.9 Å². The van der Waals surface area contributed by atoms with E-state index in [0.717, 1.165) is 15.4 Å². The Labute approximate surface area is 194 Å². The van der Waals surface area contributed by atoms with Crippen molar-refractivity contribution in [3.63, 3.8) is 0 Å². The minimum atomic E-state index is -4.38. The summed E-state index contributed by atoms with van der Waals surface area (Å²) in [6, 6.07) is 8.81. The van der Waals surface area contributed by atoms with Crippen LogP contribution in [0, 0.1) is 24.4 Å². The summed E-state index contributed by atoms with van der Waals surface area (Å²) in [5, 5.41) is 7.96. The monoisotopic (exact) mass is 494 g/mol. The highest BCUT2D eigenvalue weighted by atomic mass is 32.2. The average molecular weight is 494 g/mol. The fourth-order valence-electron chi connectivity index (χ4n) is 3.56. The maximum Gasteiger partial charge on any atom is 0.247 e. The van der Waals surface area contributed by atoms with Crippen LogP contribution in [0.4, 0.5) is 13.2 Å². The number of halogens is 3. The number of piperazine rings is 1. The molecule has 2 aromatic carbocycles. The van der Waals surface area contributed by atoms with E-state index in [-0.39, 0.29) is 44.9 Å². The Morgan fingerprint density at radius 1 is 0.971 bits per heavy atom. The summed E-state index contributed by atoms with van der Waals surface area (Å²) in [4.78, 5) is 13.1. The number of hydrogen-bond acceptors (Lipinski definition) is 6. The molecule has 0 bridgehead atoms. The van der Waals surface area contributed by atoms with Crippen LogP contribution in [-0.2, 0) is 21.2 Å². The van der Waals surface area contributed by atoms with Crippen LogP contribution in [0.5, 0.6) is 0 Å². The van der Waals surface area contributed by atoms with Crippen molar-refractivity contribution in [3.8, 4) is 11.5 Å². The van der Waals surface area contributed by atoms with E-state index in [1.54, 1.807) is 0 Å². The van der Waals surface area contributed by atoms with Crippen molar-refractivity contribution in [1.29, 1.82) is 0 Å². The second kappa shape index (κ2) is 9.55. The molecular formula is C22H21F3N4O4S. The SMILES string of the molecule is Cc1ccc(-c2nnc(CCC(=O)N3CCN(S(=O)(=O)c4ccc(F)c(F)c4F)CC3)o2)cc1. The highest BCUT2D eigenvalue weighted by Gasteiger charge is 2.33. The van der Waals surface area contributed by atoms with Crippen molar-refractivity contribution in [3.05, 3.63) is 65.3 Å². The van der Waals surface area contributed by atoms with E-state index < -0.39 is 32.4 Å². The lowest BCUT2D eigenvalue weighted by atomic mass is 10.1. The number of aromatic nitrogens is 2. The number of sulfonamides is 1. The molecule has 1 aliphatic rings. The minimum absolute atomic E-state index is 0.0712. The highest BCUT2D eigenvalue weighted by Crippen LogP contribution is 2.24. The number of rotatable bonds is 6. The Bertz CT molecular complexity index is 1300. The summed E-state index contributed by atoms with van der Waals surface area (Å²) in [6.45, 7) is 1.89.